The van der Waals surface area contributed by atoms with Crippen LogP contribution in [0.1, 0.15) is 13.3 Å². The van der Waals surface area contributed by atoms with Gasteiger partial charge < -0.3 is 20.1 Å². The smallest absolute Gasteiger partial charge is 0.384 e. The van der Waals surface area contributed by atoms with Gasteiger partial charge in [-0.15, -0.1) is 0 Å². The molecule has 0 aliphatic heterocycles. The number of hydrogen-bond donors (Lipinski definition) is 3. The lowest BCUT2D eigenvalue weighted by Crippen LogP contribution is -2.33. The van der Waals surface area contributed by atoms with E-state index in [2.05, 4.69) is 4.74 Å². The van der Waals surface area contributed by atoms with Crippen LogP contribution in [-0.2, 0) is 9.53 Å². The van der Waals surface area contributed by atoms with E-state index in [1.165, 1.54) is 6.92 Å². The Morgan fingerprint density at radius 2 is 2.00 bits per heavy atom. The third-order valence-electron chi connectivity index (χ3n) is 0.539. The van der Waals surface area contributed by atoms with Crippen molar-refractivity contribution in [2.75, 3.05) is 0 Å². The van der Waals surface area contributed by atoms with Crippen molar-refractivity contribution < 1.29 is 24.9 Å². The lowest BCUT2D eigenvalue weighted by Gasteiger charge is -2.12. The molecule has 0 fully saturated rings. The van der Waals surface area contributed by atoms with Crippen LogP contribution < -0.4 is 0 Å². The van der Waals surface area contributed by atoms with Crippen LogP contribution >= 0.6 is 0 Å². The molecule has 0 aromatic rings. The topological polar surface area (TPSA) is 87.0 Å². The predicted molar refractivity (Wildman–Crippen MR) is 25.8 cm³/mol. The number of carbonyl (C=O) groups excluding carboxylic acids is 1. The van der Waals surface area contributed by atoms with E-state index in [-0.39, 0.29) is 6.42 Å². The molecule has 9 heavy (non-hydrogen) atoms. The zero-order chi connectivity index (χ0) is 7.49. The van der Waals surface area contributed by atoms with Crippen LogP contribution in [0.4, 0.5) is 0 Å². The number of aliphatic hydroxyl groups is 3. The van der Waals surface area contributed by atoms with E-state index >= 15 is 0 Å². The highest BCUT2D eigenvalue weighted by Gasteiger charge is 2.22. The molecule has 3 N–H and O–H groups in total. The Labute approximate surface area is 51.5 Å². The molecule has 0 spiro atoms. The van der Waals surface area contributed by atoms with Gasteiger partial charge in [-0.05, 0) is 0 Å². The molecule has 0 aromatic heterocycles. The molecule has 0 saturated heterocycles. The Kier molecular flexibility index (Phi) is 2.57. The van der Waals surface area contributed by atoms with E-state index in [1.54, 1.807) is 0 Å². The van der Waals surface area contributed by atoms with Crippen molar-refractivity contribution in [2.45, 2.75) is 19.5 Å². The maximum atomic E-state index is 10.1. The molecule has 0 radical (unpaired) electrons. The number of carbonyl (C=O) groups is 1. The van der Waals surface area contributed by atoms with Crippen LogP contribution in [0, 0.1) is 0 Å². The number of ether oxygens (including phenoxy) is 1. The largest absolute Gasteiger partial charge is 0.455 e. The normalized spacial score (nSPS) is 11.1. The van der Waals surface area contributed by atoms with Crippen LogP contribution in [0.25, 0.3) is 0 Å². The number of rotatable bonds is 2. The number of hydrogen-bond acceptors (Lipinski definition) is 5. The Hall–Kier alpha value is -0.650. The molecule has 0 saturated carbocycles. The lowest BCUT2D eigenvalue weighted by atomic mass is 10.5. The molecule has 54 valence electrons. The monoisotopic (exact) mass is 136 g/mol. The van der Waals surface area contributed by atoms with Gasteiger partial charge in [0.15, 0.2) is 0 Å². The highest BCUT2D eigenvalue weighted by atomic mass is 16.9. The Morgan fingerprint density at radius 3 is 2.11 bits per heavy atom. The molecule has 0 rings (SSSR count). The van der Waals surface area contributed by atoms with Crippen molar-refractivity contribution in [2.24, 2.45) is 0 Å². The molecular weight excluding hydrogens is 128 g/mol. The third kappa shape index (κ3) is 5.22. The fourth-order valence-corrected chi connectivity index (χ4v) is 0.225. The lowest BCUT2D eigenvalue weighted by molar-refractivity contribution is -0.435. The van der Waals surface area contributed by atoms with Gasteiger partial charge in [-0.1, -0.05) is 6.92 Å². The maximum Gasteiger partial charge on any atom is 0.455 e. The summed E-state index contributed by atoms with van der Waals surface area (Å²) in [6.45, 7) is 1.45. The first-order valence-electron chi connectivity index (χ1n) is 2.34. The van der Waals surface area contributed by atoms with Crippen LogP contribution in [0.15, 0.2) is 0 Å². The van der Waals surface area contributed by atoms with Crippen molar-refractivity contribution >= 4 is 5.97 Å². The van der Waals surface area contributed by atoms with E-state index in [0.717, 1.165) is 0 Å². The van der Waals surface area contributed by atoms with Crippen LogP contribution in [0.2, 0.25) is 0 Å². The molecule has 5 heteroatoms. The molecule has 0 atom stereocenters. The van der Waals surface area contributed by atoms with Crippen LogP contribution in [0.5, 0.6) is 0 Å². The van der Waals surface area contributed by atoms with E-state index in [4.69, 9.17) is 15.3 Å². The van der Waals surface area contributed by atoms with E-state index in [1.807, 2.05) is 0 Å². The standard InChI is InChI=1S/C4H8O5/c1-2-3(5)9-4(6,7)8/h6-8H,2H2,1H3. The molecule has 0 aliphatic rings. The average Bonchev–Trinajstić information content (AvgIpc) is 1.62. The maximum absolute atomic E-state index is 10.1. The molecule has 0 aromatic carbocycles. The molecule has 0 unspecified atom stereocenters. The van der Waals surface area contributed by atoms with Gasteiger partial charge in [0.1, 0.15) is 0 Å². The van der Waals surface area contributed by atoms with Crippen molar-refractivity contribution in [3.63, 3.8) is 0 Å². The third-order valence-corrected chi connectivity index (χ3v) is 0.539. The van der Waals surface area contributed by atoms with E-state index in [0.29, 0.717) is 0 Å². The second-order valence-corrected chi connectivity index (χ2v) is 1.40. The van der Waals surface area contributed by atoms with Gasteiger partial charge in [0, 0.05) is 6.42 Å². The van der Waals surface area contributed by atoms with Gasteiger partial charge >= 0.3 is 12.1 Å². The molecular formula is C4H8O5. The molecule has 0 bridgehead atoms. The summed E-state index contributed by atoms with van der Waals surface area (Å²) in [6.07, 6.45) is -3.35. The van der Waals surface area contributed by atoms with Gasteiger partial charge in [0.05, 0.1) is 0 Å². The van der Waals surface area contributed by atoms with Gasteiger partial charge in [0.25, 0.3) is 0 Å². The first-order valence-corrected chi connectivity index (χ1v) is 2.34. The summed E-state index contributed by atoms with van der Waals surface area (Å²) in [7, 11) is 0. The molecule has 5 nitrogen and oxygen atoms in total. The zero-order valence-electron chi connectivity index (χ0n) is 4.87. The van der Waals surface area contributed by atoms with Crippen molar-refractivity contribution in [1.29, 1.82) is 0 Å². The second-order valence-electron chi connectivity index (χ2n) is 1.40. The first kappa shape index (κ1) is 8.35. The Morgan fingerprint density at radius 1 is 1.56 bits per heavy atom. The van der Waals surface area contributed by atoms with Gasteiger partial charge in [-0.3, -0.25) is 4.79 Å². The fraction of sp³-hybridized carbons (Fsp3) is 0.750. The van der Waals surface area contributed by atoms with Crippen molar-refractivity contribution in [1.82, 2.24) is 0 Å². The first-order chi connectivity index (χ1) is 3.95. The summed E-state index contributed by atoms with van der Waals surface area (Å²) in [5.74, 6) is -0.887. The van der Waals surface area contributed by atoms with Crippen LogP contribution in [0.3, 0.4) is 0 Å². The predicted octanol–water partition coefficient (Wildman–Crippen LogP) is -1.47. The van der Waals surface area contributed by atoms with Crippen molar-refractivity contribution in [3.05, 3.63) is 0 Å². The van der Waals surface area contributed by atoms with Crippen LogP contribution in [-0.4, -0.2) is 27.4 Å². The summed E-state index contributed by atoms with van der Waals surface area (Å²) >= 11 is 0. The fourth-order valence-electron chi connectivity index (χ4n) is 0.225. The Bertz CT molecular complexity index is 102. The van der Waals surface area contributed by atoms with Gasteiger partial charge in [-0.2, -0.15) is 0 Å². The summed E-state index contributed by atoms with van der Waals surface area (Å²) in [6, 6.07) is 0. The summed E-state index contributed by atoms with van der Waals surface area (Å²) < 4.78 is 3.61. The quantitative estimate of drug-likeness (QED) is 0.318. The summed E-state index contributed by atoms with van der Waals surface area (Å²) in [5, 5.41) is 24.0. The minimum atomic E-state index is -3.33. The number of esters is 1. The SMILES string of the molecule is CCC(=O)OC(O)(O)O. The summed E-state index contributed by atoms with van der Waals surface area (Å²) in [5.41, 5.74) is 0. The average molecular weight is 136 g/mol. The van der Waals surface area contributed by atoms with Crippen molar-refractivity contribution in [3.8, 4) is 0 Å². The van der Waals surface area contributed by atoms with E-state index < -0.39 is 12.1 Å². The van der Waals surface area contributed by atoms with Gasteiger partial charge in [-0.25, -0.2) is 0 Å². The highest BCUT2D eigenvalue weighted by molar-refractivity contribution is 5.68. The second kappa shape index (κ2) is 2.77. The summed E-state index contributed by atoms with van der Waals surface area (Å²) in [4.78, 5) is 10.1. The Balaban J connectivity index is 3.60. The molecule has 0 amide bonds. The van der Waals surface area contributed by atoms with E-state index in [9.17, 15) is 4.79 Å². The minimum absolute atomic E-state index is 0.0244. The molecule has 0 heterocycles. The molecule has 0 aliphatic carbocycles. The van der Waals surface area contributed by atoms with Gasteiger partial charge in [0.2, 0.25) is 0 Å². The highest BCUT2D eigenvalue weighted by Crippen LogP contribution is 1.96. The minimum Gasteiger partial charge on any atom is -0.384 e. The zero-order valence-corrected chi connectivity index (χ0v) is 4.87.